The Labute approximate surface area is 189 Å². The highest BCUT2D eigenvalue weighted by molar-refractivity contribution is 9.13. The summed E-state index contributed by atoms with van der Waals surface area (Å²) in [5, 5.41) is 2.94. The lowest BCUT2D eigenvalue weighted by Gasteiger charge is -2.30. The molecule has 7 nitrogen and oxygen atoms in total. The maximum atomic E-state index is 12.8. The molecule has 4 rings (SSSR count). The standard InChI is InChI=1S/C18H18Br2N2O5S2/c19-13-8-16(28-17(13)20)29(24,25)22-5-3-12(4-6-22)18(23)21-9-11-1-2-14-15(7-11)27-10-26-14/h1-2,7-8,12H,3-6,9-10H2,(H,21,23). The van der Waals surface area contributed by atoms with Crippen molar-refractivity contribution in [2.24, 2.45) is 5.92 Å². The largest absolute Gasteiger partial charge is 0.454 e. The molecular formula is C18H18Br2N2O5S2. The molecule has 3 heterocycles. The van der Waals surface area contributed by atoms with Gasteiger partial charge in [0.25, 0.3) is 10.0 Å². The number of nitrogens with zero attached hydrogens (tertiary/aromatic N) is 1. The molecule has 1 N–H and O–H groups in total. The Hall–Kier alpha value is -1.14. The maximum Gasteiger partial charge on any atom is 0.252 e. The lowest BCUT2D eigenvalue weighted by atomic mass is 9.97. The van der Waals surface area contributed by atoms with Crippen molar-refractivity contribution in [2.45, 2.75) is 23.6 Å². The number of fused-ring (bicyclic) bond motifs is 1. The van der Waals surface area contributed by atoms with Gasteiger partial charge in [0.1, 0.15) is 4.21 Å². The van der Waals surface area contributed by atoms with E-state index < -0.39 is 10.0 Å². The van der Waals surface area contributed by atoms with E-state index >= 15 is 0 Å². The van der Waals surface area contributed by atoms with Crippen LogP contribution in [-0.4, -0.2) is 38.5 Å². The number of halogens is 2. The van der Waals surface area contributed by atoms with Gasteiger partial charge in [-0.15, -0.1) is 11.3 Å². The number of benzene rings is 1. The van der Waals surface area contributed by atoms with Crippen LogP contribution in [-0.2, 0) is 21.4 Å². The Morgan fingerprint density at radius 1 is 1.17 bits per heavy atom. The first-order valence-corrected chi connectivity index (χ1v) is 12.8. The molecule has 29 heavy (non-hydrogen) atoms. The molecule has 156 valence electrons. The zero-order valence-electron chi connectivity index (χ0n) is 15.2. The lowest BCUT2D eigenvalue weighted by Crippen LogP contribution is -2.42. The van der Waals surface area contributed by atoms with Gasteiger partial charge in [-0.1, -0.05) is 6.07 Å². The van der Waals surface area contributed by atoms with Gasteiger partial charge in [0.05, 0.1) is 3.79 Å². The second kappa shape index (κ2) is 8.54. The molecule has 1 fully saturated rings. The third-order valence-corrected chi connectivity index (χ3v) is 10.5. The van der Waals surface area contributed by atoms with Gasteiger partial charge < -0.3 is 14.8 Å². The molecule has 0 bridgehead atoms. The third-order valence-electron chi connectivity index (χ3n) is 4.95. The van der Waals surface area contributed by atoms with Crippen molar-refractivity contribution in [1.29, 1.82) is 0 Å². The van der Waals surface area contributed by atoms with Gasteiger partial charge in [-0.25, -0.2) is 8.42 Å². The van der Waals surface area contributed by atoms with E-state index in [0.29, 0.717) is 48.2 Å². The minimum atomic E-state index is -3.54. The summed E-state index contributed by atoms with van der Waals surface area (Å²) < 4.78 is 39.5. The van der Waals surface area contributed by atoms with Gasteiger partial charge in [-0.05, 0) is 68.5 Å². The quantitative estimate of drug-likeness (QED) is 0.597. The van der Waals surface area contributed by atoms with Crippen LogP contribution in [0.25, 0.3) is 0 Å². The molecule has 0 saturated carbocycles. The fourth-order valence-electron chi connectivity index (χ4n) is 3.32. The molecule has 0 aliphatic carbocycles. The van der Waals surface area contributed by atoms with Crippen molar-refractivity contribution in [1.82, 2.24) is 9.62 Å². The minimum Gasteiger partial charge on any atom is -0.454 e. The summed E-state index contributed by atoms with van der Waals surface area (Å²) in [6.45, 7) is 1.27. The van der Waals surface area contributed by atoms with Crippen LogP contribution in [0.2, 0.25) is 0 Å². The van der Waals surface area contributed by atoms with Crippen molar-refractivity contribution in [3.8, 4) is 11.5 Å². The molecule has 2 aromatic rings. The second-order valence-electron chi connectivity index (χ2n) is 6.77. The number of hydrogen-bond donors (Lipinski definition) is 1. The van der Waals surface area contributed by atoms with Gasteiger partial charge in [0.2, 0.25) is 12.7 Å². The number of carbonyl (C=O) groups excluding carboxylic acids is 1. The maximum absolute atomic E-state index is 12.8. The van der Waals surface area contributed by atoms with Crippen LogP contribution in [0.15, 0.2) is 36.7 Å². The van der Waals surface area contributed by atoms with Crippen LogP contribution in [0.5, 0.6) is 11.5 Å². The molecule has 0 atom stereocenters. The molecule has 11 heteroatoms. The fourth-order valence-corrected chi connectivity index (χ4v) is 7.77. The molecule has 1 aromatic heterocycles. The number of rotatable bonds is 5. The Bertz CT molecular complexity index is 1010. The Kier molecular flexibility index (Phi) is 6.22. The van der Waals surface area contributed by atoms with Crippen molar-refractivity contribution in [3.63, 3.8) is 0 Å². The molecule has 1 saturated heterocycles. The summed E-state index contributed by atoms with van der Waals surface area (Å²) >= 11 is 7.84. The van der Waals surface area contributed by atoms with E-state index in [-0.39, 0.29) is 18.6 Å². The average Bonchev–Trinajstić information content (AvgIpc) is 3.32. The molecule has 1 aromatic carbocycles. The number of ether oxygens (including phenoxy) is 2. The average molecular weight is 566 g/mol. The van der Waals surface area contributed by atoms with Crippen LogP contribution in [0, 0.1) is 5.92 Å². The van der Waals surface area contributed by atoms with E-state index in [1.54, 1.807) is 6.07 Å². The van der Waals surface area contributed by atoms with Crippen molar-refractivity contribution in [2.75, 3.05) is 19.9 Å². The fraction of sp³-hybridized carbons (Fsp3) is 0.389. The number of piperidine rings is 1. The van der Waals surface area contributed by atoms with Crippen molar-refractivity contribution >= 4 is 59.1 Å². The molecule has 2 aliphatic rings. The summed E-state index contributed by atoms with van der Waals surface area (Å²) in [6.07, 6.45) is 1.000. The minimum absolute atomic E-state index is 0.0543. The number of sulfonamides is 1. The molecule has 0 radical (unpaired) electrons. The molecule has 0 unspecified atom stereocenters. The van der Waals surface area contributed by atoms with E-state index in [1.807, 2.05) is 18.2 Å². The SMILES string of the molecule is O=C(NCc1ccc2c(c1)OCO2)C1CCN(S(=O)(=O)c2cc(Br)c(Br)s2)CC1. The smallest absolute Gasteiger partial charge is 0.252 e. The molecular weight excluding hydrogens is 548 g/mol. The van der Waals surface area contributed by atoms with E-state index in [0.717, 1.165) is 13.8 Å². The summed E-state index contributed by atoms with van der Waals surface area (Å²) in [6, 6.07) is 7.18. The molecule has 2 aliphatic heterocycles. The molecule has 0 spiro atoms. The van der Waals surface area contributed by atoms with Crippen molar-refractivity contribution in [3.05, 3.63) is 38.1 Å². The van der Waals surface area contributed by atoms with E-state index in [1.165, 1.54) is 15.6 Å². The molecule has 1 amide bonds. The predicted octanol–water partition coefficient (Wildman–Crippen LogP) is 3.72. The van der Waals surface area contributed by atoms with Gasteiger partial charge in [0.15, 0.2) is 11.5 Å². The first-order valence-electron chi connectivity index (χ1n) is 8.96. The number of thiophene rings is 1. The van der Waals surface area contributed by atoms with Crippen LogP contribution in [0.3, 0.4) is 0 Å². The normalized spacial score (nSPS) is 17.4. The monoisotopic (exact) mass is 564 g/mol. The Morgan fingerprint density at radius 3 is 2.59 bits per heavy atom. The third kappa shape index (κ3) is 4.48. The highest BCUT2D eigenvalue weighted by Gasteiger charge is 2.33. The van der Waals surface area contributed by atoms with E-state index in [4.69, 9.17) is 9.47 Å². The lowest BCUT2D eigenvalue weighted by molar-refractivity contribution is -0.126. The van der Waals surface area contributed by atoms with Gasteiger partial charge >= 0.3 is 0 Å². The van der Waals surface area contributed by atoms with E-state index in [2.05, 4.69) is 37.2 Å². The highest BCUT2D eigenvalue weighted by atomic mass is 79.9. The van der Waals surface area contributed by atoms with Gasteiger partial charge in [-0.3, -0.25) is 4.79 Å². The number of nitrogens with one attached hydrogen (secondary N) is 1. The number of carbonyl (C=O) groups is 1. The van der Waals surface area contributed by atoms with Crippen molar-refractivity contribution < 1.29 is 22.7 Å². The Morgan fingerprint density at radius 2 is 1.90 bits per heavy atom. The van der Waals surface area contributed by atoms with Crippen LogP contribution in [0.4, 0.5) is 0 Å². The second-order valence-corrected chi connectivity index (χ2v) is 12.2. The zero-order valence-corrected chi connectivity index (χ0v) is 20.0. The zero-order chi connectivity index (χ0) is 20.6. The highest BCUT2D eigenvalue weighted by Crippen LogP contribution is 2.37. The summed E-state index contributed by atoms with van der Waals surface area (Å²) in [5.41, 5.74) is 0.927. The van der Waals surface area contributed by atoms with E-state index in [9.17, 15) is 13.2 Å². The summed E-state index contributed by atoms with van der Waals surface area (Å²) in [4.78, 5) is 12.5. The van der Waals surface area contributed by atoms with Crippen LogP contribution < -0.4 is 14.8 Å². The summed E-state index contributed by atoms with van der Waals surface area (Å²) in [7, 11) is -3.54. The number of amides is 1. The van der Waals surface area contributed by atoms with Gasteiger partial charge in [0, 0.05) is 30.0 Å². The van der Waals surface area contributed by atoms with Crippen LogP contribution >= 0.6 is 43.2 Å². The van der Waals surface area contributed by atoms with Crippen LogP contribution in [0.1, 0.15) is 18.4 Å². The first kappa shape index (κ1) is 21.1. The topological polar surface area (TPSA) is 84.9 Å². The van der Waals surface area contributed by atoms with Gasteiger partial charge in [-0.2, -0.15) is 4.31 Å². The predicted molar refractivity (Wildman–Crippen MR) is 116 cm³/mol. The Balaban J connectivity index is 1.31. The number of hydrogen-bond acceptors (Lipinski definition) is 6. The first-order chi connectivity index (χ1) is 13.8. The summed E-state index contributed by atoms with van der Waals surface area (Å²) in [5.74, 6) is 1.14.